The smallest absolute Gasteiger partial charge is 0.261 e. The number of aliphatic hydroxyl groups is 1. The van der Waals surface area contributed by atoms with E-state index in [9.17, 15) is 9.90 Å². The molecule has 3 heteroatoms. The van der Waals surface area contributed by atoms with E-state index in [1.807, 2.05) is 67.6 Å². The van der Waals surface area contributed by atoms with Gasteiger partial charge in [-0.05, 0) is 23.6 Å². The molecule has 0 saturated heterocycles. The van der Waals surface area contributed by atoms with Crippen LogP contribution in [0.4, 0.5) is 0 Å². The Bertz CT molecular complexity index is 787. The van der Waals surface area contributed by atoms with Gasteiger partial charge < -0.3 is 10.4 Å². The van der Waals surface area contributed by atoms with Gasteiger partial charge in [0.05, 0.1) is 0 Å². The Hall–Kier alpha value is -2.91. The Morgan fingerprint density at radius 1 is 0.840 bits per heavy atom. The second kappa shape index (κ2) is 7.32. The molecule has 0 unspecified atom stereocenters. The molecule has 3 rings (SSSR count). The quantitative estimate of drug-likeness (QED) is 0.751. The maximum Gasteiger partial charge on any atom is 0.261 e. The van der Waals surface area contributed by atoms with E-state index in [0.717, 1.165) is 5.56 Å². The lowest BCUT2D eigenvalue weighted by molar-refractivity contribution is -0.136. The summed E-state index contributed by atoms with van der Waals surface area (Å²) in [6.45, 7) is 2.38. The molecule has 0 fully saturated rings. The summed E-state index contributed by atoms with van der Waals surface area (Å²) in [5, 5.41) is 14.2. The molecule has 2 N–H and O–H groups in total. The van der Waals surface area contributed by atoms with Crippen molar-refractivity contribution in [2.75, 3.05) is 0 Å². The van der Waals surface area contributed by atoms with E-state index >= 15 is 0 Å². The Labute approximate surface area is 148 Å². The summed E-state index contributed by atoms with van der Waals surface area (Å²) in [6.07, 6.45) is 0. The van der Waals surface area contributed by atoms with Gasteiger partial charge in [0.2, 0.25) is 0 Å². The summed E-state index contributed by atoms with van der Waals surface area (Å²) in [7, 11) is 0. The van der Waals surface area contributed by atoms with Crippen molar-refractivity contribution in [3.05, 3.63) is 107 Å². The highest BCUT2D eigenvalue weighted by atomic mass is 16.3. The van der Waals surface area contributed by atoms with Crippen LogP contribution in [0.3, 0.4) is 0 Å². The number of rotatable bonds is 5. The molecule has 126 valence electrons. The van der Waals surface area contributed by atoms with Crippen LogP contribution in [0.25, 0.3) is 0 Å². The van der Waals surface area contributed by atoms with Crippen LogP contribution in [0, 0.1) is 6.92 Å². The van der Waals surface area contributed by atoms with Gasteiger partial charge in [-0.3, -0.25) is 4.79 Å². The van der Waals surface area contributed by atoms with Gasteiger partial charge in [-0.2, -0.15) is 0 Å². The summed E-state index contributed by atoms with van der Waals surface area (Å²) in [6, 6.07) is 26.0. The van der Waals surface area contributed by atoms with Gasteiger partial charge in [-0.15, -0.1) is 0 Å². The van der Waals surface area contributed by atoms with E-state index in [4.69, 9.17) is 0 Å². The summed E-state index contributed by atoms with van der Waals surface area (Å²) >= 11 is 0. The minimum absolute atomic E-state index is 0.362. The minimum atomic E-state index is -1.73. The van der Waals surface area contributed by atoms with Crippen LogP contribution in [0.5, 0.6) is 0 Å². The number of carbonyl (C=O) groups excluding carboxylic acids is 1. The van der Waals surface area contributed by atoms with Gasteiger partial charge in [0, 0.05) is 6.54 Å². The molecule has 0 radical (unpaired) electrons. The topological polar surface area (TPSA) is 49.3 Å². The van der Waals surface area contributed by atoms with Crippen LogP contribution in [-0.4, -0.2) is 11.0 Å². The molecule has 25 heavy (non-hydrogen) atoms. The zero-order valence-corrected chi connectivity index (χ0v) is 14.1. The van der Waals surface area contributed by atoms with Gasteiger partial charge in [0.15, 0.2) is 5.60 Å². The first-order valence-corrected chi connectivity index (χ1v) is 8.28. The first-order valence-electron chi connectivity index (χ1n) is 8.28. The summed E-state index contributed by atoms with van der Waals surface area (Å²) in [5.74, 6) is -0.439. The van der Waals surface area contributed by atoms with Crippen molar-refractivity contribution in [1.82, 2.24) is 5.32 Å². The second-order valence-electron chi connectivity index (χ2n) is 6.11. The summed E-state index contributed by atoms with van der Waals surface area (Å²) in [4.78, 5) is 12.9. The van der Waals surface area contributed by atoms with Gasteiger partial charge in [-0.25, -0.2) is 0 Å². The van der Waals surface area contributed by atoms with E-state index in [0.29, 0.717) is 17.7 Å². The third kappa shape index (κ3) is 3.62. The Balaban J connectivity index is 1.89. The van der Waals surface area contributed by atoms with Crippen LogP contribution in [-0.2, 0) is 16.9 Å². The third-order valence-corrected chi connectivity index (χ3v) is 4.29. The fourth-order valence-electron chi connectivity index (χ4n) is 2.80. The lowest BCUT2D eigenvalue weighted by Crippen LogP contribution is -2.45. The highest BCUT2D eigenvalue weighted by Crippen LogP contribution is 2.29. The fourth-order valence-corrected chi connectivity index (χ4v) is 2.80. The number of hydrogen-bond acceptors (Lipinski definition) is 2. The van der Waals surface area contributed by atoms with E-state index in [-0.39, 0.29) is 0 Å². The lowest BCUT2D eigenvalue weighted by atomic mass is 9.85. The van der Waals surface area contributed by atoms with Gasteiger partial charge in [0.1, 0.15) is 0 Å². The summed E-state index contributed by atoms with van der Waals surface area (Å²) < 4.78 is 0. The van der Waals surface area contributed by atoms with Crippen molar-refractivity contribution in [1.29, 1.82) is 0 Å². The van der Waals surface area contributed by atoms with Gasteiger partial charge in [0.25, 0.3) is 5.91 Å². The number of carbonyl (C=O) groups is 1. The third-order valence-electron chi connectivity index (χ3n) is 4.29. The van der Waals surface area contributed by atoms with Crippen molar-refractivity contribution in [3.63, 3.8) is 0 Å². The Morgan fingerprint density at radius 2 is 1.32 bits per heavy atom. The molecule has 0 aliphatic carbocycles. The molecule has 1 amide bonds. The molecular weight excluding hydrogens is 310 g/mol. The average Bonchev–Trinajstić information content (AvgIpc) is 2.68. The highest BCUT2D eigenvalue weighted by molar-refractivity contribution is 5.90. The van der Waals surface area contributed by atoms with Crippen LogP contribution in [0.1, 0.15) is 22.3 Å². The van der Waals surface area contributed by atoms with Crippen molar-refractivity contribution in [2.45, 2.75) is 19.1 Å². The van der Waals surface area contributed by atoms with Gasteiger partial charge >= 0.3 is 0 Å². The summed E-state index contributed by atoms with van der Waals surface area (Å²) in [5.41, 5.74) is 1.51. The molecule has 0 saturated carbocycles. The zero-order valence-electron chi connectivity index (χ0n) is 14.1. The Morgan fingerprint density at radius 3 is 1.80 bits per heavy atom. The average molecular weight is 331 g/mol. The molecule has 0 atom stereocenters. The molecule has 0 spiro atoms. The molecule has 0 aromatic heterocycles. The molecule has 0 bridgehead atoms. The van der Waals surface area contributed by atoms with E-state index in [2.05, 4.69) is 5.32 Å². The number of hydrogen-bond donors (Lipinski definition) is 2. The number of amides is 1. The predicted octanol–water partition coefficient (Wildman–Crippen LogP) is 3.55. The maximum atomic E-state index is 12.9. The van der Waals surface area contributed by atoms with Crippen molar-refractivity contribution >= 4 is 5.91 Å². The predicted molar refractivity (Wildman–Crippen MR) is 98.9 cm³/mol. The fraction of sp³-hybridized carbons (Fsp3) is 0.136. The normalized spacial score (nSPS) is 11.1. The van der Waals surface area contributed by atoms with Crippen molar-refractivity contribution in [2.24, 2.45) is 0 Å². The zero-order chi connectivity index (χ0) is 17.7. The van der Waals surface area contributed by atoms with E-state index < -0.39 is 11.5 Å². The van der Waals surface area contributed by atoms with Gasteiger partial charge in [-0.1, -0.05) is 90.5 Å². The minimum Gasteiger partial charge on any atom is -0.372 e. The number of nitrogens with one attached hydrogen (secondary N) is 1. The van der Waals surface area contributed by atoms with Crippen molar-refractivity contribution < 1.29 is 9.90 Å². The Kier molecular flexibility index (Phi) is 4.96. The largest absolute Gasteiger partial charge is 0.372 e. The van der Waals surface area contributed by atoms with Crippen LogP contribution in [0.2, 0.25) is 0 Å². The van der Waals surface area contributed by atoms with Crippen LogP contribution < -0.4 is 5.32 Å². The van der Waals surface area contributed by atoms with Crippen LogP contribution >= 0.6 is 0 Å². The molecule has 3 nitrogen and oxygen atoms in total. The SMILES string of the molecule is Cc1ccc(CNC(=O)C(O)(c2ccccc2)c2ccccc2)cc1. The molecule has 0 aliphatic heterocycles. The first kappa shape index (κ1) is 16.9. The molecule has 3 aromatic rings. The van der Waals surface area contributed by atoms with E-state index in [1.54, 1.807) is 24.3 Å². The lowest BCUT2D eigenvalue weighted by Gasteiger charge is -2.28. The van der Waals surface area contributed by atoms with Crippen LogP contribution in [0.15, 0.2) is 84.9 Å². The highest BCUT2D eigenvalue weighted by Gasteiger charge is 2.39. The number of benzene rings is 3. The number of aryl methyl sites for hydroxylation is 1. The molecule has 0 heterocycles. The second-order valence-corrected chi connectivity index (χ2v) is 6.11. The standard InChI is InChI=1S/C22H21NO2/c1-17-12-14-18(15-13-17)16-23-21(24)22(25,19-8-4-2-5-9-19)20-10-6-3-7-11-20/h2-15,25H,16H2,1H3,(H,23,24). The molecule has 3 aromatic carbocycles. The van der Waals surface area contributed by atoms with E-state index in [1.165, 1.54) is 5.56 Å². The maximum absolute atomic E-state index is 12.9. The first-order chi connectivity index (χ1) is 12.1. The monoisotopic (exact) mass is 331 g/mol. The molecular formula is C22H21NO2. The molecule has 0 aliphatic rings. The van der Waals surface area contributed by atoms with Crippen molar-refractivity contribution in [3.8, 4) is 0 Å².